The van der Waals surface area contributed by atoms with Crippen LogP contribution >= 0.6 is 22.9 Å². The first-order valence-corrected chi connectivity index (χ1v) is 8.95. The summed E-state index contributed by atoms with van der Waals surface area (Å²) in [5.74, 6) is -0.569. The predicted octanol–water partition coefficient (Wildman–Crippen LogP) is 3.51. The number of anilines is 2. The average molecular weight is 380 g/mol. The van der Waals surface area contributed by atoms with Gasteiger partial charge in [-0.3, -0.25) is 14.4 Å². The van der Waals surface area contributed by atoms with E-state index in [0.717, 1.165) is 0 Å². The van der Waals surface area contributed by atoms with E-state index in [1.165, 1.54) is 18.3 Å². The molecule has 0 radical (unpaired) electrons. The summed E-state index contributed by atoms with van der Waals surface area (Å²) in [6.45, 7) is 1.80. The maximum atomic E-state index is 12.0. The topological polar surface area (TPSA) is 87.3 Å². The van der Waals surface area contributed by atoms with Gasteiger partial charge in [0, 0.05) is 36.5 Å². The Hall–Kier alpha value is -2.38. The van der Waals surface area contributed by atoms with Crippen LogP contribution in [0.1, 0.15) is 30.1 Å². The second-order valence-corrected chi connectivity index (χ2v) is 6.48. The van der Waals surface area contributed by atoms with E-state index in [9.17, 15) is 14.4 Å². The lowest BCUT2D eigenvalue weighted by atomic mass is 10.2. The minimum Gasteiger partial charge on any atom is -0.352 e. The van der Waals surface area contributed by atoms with E-state index in [1.54, 1.807) is 29.6 Å². The van der Waals surface area contributed by atoms with Crippen molar-refractivity contribution in [1.82, 2.24) is 5.32 Å². The number of rotatable bonds is 7. The van der Waals surface area contributed by atoms with Crippen LogP contribution in [-0.4, -0.2) is 24.3 Å². The van der Waals surface area contributed by atoms with Crippen LogP contribution in [0.4, 0.5) is 11.4 Å². The lowest BCUT2D eigenvalue weighted by Gasteiger charge is -2.10. The largest absolute Gasteiger partial charge is 0.352 e. The van der Waals surface area contributed by atoms with E-state index in [-0.39, 0.29) is 24.1 Å². The maximum Gasteiger partial charge on any atom is 0.252 e. The van der Waals surface area contributed by atoms with E-state index >= 15 is 0 Å². The Balaban J connectivity index is 1.78. The molecule has 6 nitrogen and oxygen atoms in total. The highest BCUT2D eigenvalue weighted by Crippen LogP contribution is 2.25. The molecule has 25 heavy (non-hydrogen) atoms. The molecule has 0 aliphatic carbocycles. The molecule has 3 N–H and O–H groups in total. The number of benzene rings is 1. The molecule has 1 aromatic heterocycles. The summed E-state index contributed by atoms with van der Waals surface area (Å²) in [6.07, 6.45) is 0.745. The van der Waals surface area contributed by atoms with Crippen molar-refractivity contribution in [2.24, 2.45) is 0 Å². The minimum absolute atomic E-state index is 0.146. The quantitative estimate of drug-likeness (QED) is 0.643. The second kappa shape index (κ2) is 9.19. The van der Waals surface area contributed by atoms with Gasteiger partial charge < -0.3 is 16.0 Å². The standard InChI is InChI=1S/C17H18ClN3O3S/c1-11(22)20-13-4-5-14(18)15(9-13)21-16(23)3-2-7-19-17(24)12-6-8-25-10-12/h4-6,8-10H,2-3,7H2,1H3,(H,19,24)(H,20,22)(H,21,23). The van der Waals surface area contributed by atoms with Gasteiger partial charge in [-0.05, 0) is 36.1 Å². The highest BCUT2D eigenvalue weighted by atomic mass is 35.5. The van der Waals surface area contributed by atoms with Gasteiger partial charge in [0.2, 0.25) is 11.8 Å². The van der Waals surface area contributed by atoms with E-state index in [4.69, 9.17) is 11.6 Å². The lowest BCUT2D eigenvalue weighted by molar-refractivity contribution is -0.116. The van der Waals surface area contributed by atoms with Gasteiger partial charge in [0.25, 0.3) is 5.91 Å². The number of halogens is 1. The van der Waals surface area contributed by atoms with Crippen molar-refractivity contribution in [1.29, 1.82) is 0 Å². The van der Waals surface area contributed by atoms with E-state index in [0.29, 0.717) is 34.9 Å². The Kier molecular flexibility index (Phi) is 6.97. The third kappa shape index (κ3) is 6.21. The molecule has 0 atom stereocenters. The highest BCUT2D eigenvalue weighted by Gasteiger charge is 2.09. The molecule has 0 saturated heterocycles. The van der Waals surface area contributed by atoms with Crippen LogP contribution in [0.15, 0.2) is 35.0 Å². The molecular weight excluding hydrogens is 362 g/mol. The smallest absolute Gasteiger partial charge is 0.252 e. The minimum atomic E-state index is -0.216. The van der Waals surface area contributed by atoms with Gasteiger partial charge in [0.15, 0.2) is 0 Å². The van der Waals surface area contributed by atoms with Crippen molar-refractivity contribution in [2.75, 3.05) is 17.2 Å². The molecule has 3 amide bonds. The van der Waals surface area contributed by atoms with Crippen molar-refractivity contribution in [3.63, 3.8) is 0 Å². The van der Waals surface area contributed by atoms with E-state index in [2.05, 4.69) is 16.0 Å². The first-order valence-electron chi connectivity index (χ1n) is 7.63. The Morgan fingerprint density at radius 3 is 2.64 bits per heavy atom. The maximum absolute atomic E-state index is 12.0. The average Bonchev–Trinajstić information content (AvgIpc) is 3.08. The summed E-state index contributed by atoms with van der Waals surface area (Å²) in [6, 6.07) is 6.60. The Bertz CT molecular complexity index is 763. The van der Waals surface area contributed by atoms with Crippen LogP contribution in [0.25, 0.3) is 0 Å². The summed E-state index contributed by atoms with van der Waals surface area (Å²) >= 11 is 7.51. The second-order valence-electron chi connectivity index (χ2n) is 5.30. The Morgan fingerprint density at radius 1 is 1.16 bits per heavy atom. The zero-order chi connectivity index (χ0) is 18.2. The first kappa shape index (κ1) is 19.0. The van der Waals surface area contributed by atoms with Crippen molar-refractivity contribution < 1.29 is 14.4 Å². The monoisotopic (exact) mass is 379 g/mol. The summed E-state index contributed by atoms with van der Waals surface area (Å²) in [4.78, 5) is 34.8. The van der Waals surface area contributed by atoms with Crippen LogP contribution in [0, 0.1) is 0 Å². The molecule has 2 aromatic rings. The van der Waals surface area contributed by atoms with E-state index < -0.39 is 0 Å². The number of carbonyl (C=O) groups excluding carboxylic acids is 3. The molecule has 1 aromatic carbocycles. The van der Waals surface area contributed by atoms with Crippen LogP contribution in [0.5, 0.6) is 0 Å². The summed E-state index contributed by atoms with van der Waals surface area (Å²) in [7, 11) is 0. The van der Waals surface area contributed by atoms with Crippen LogP contribution in [0.3, 0.4) is 0 Å². The molecule has 2 rings (SSSR count). The zero-order valence-electron chi connectivity index (χ0n) is 13.6. The molecule has 0 saturated carbocycles. The first-order chi connectivity index (χ1) is 12.0. The van der Waals surface area contributed by atoms with Crippen molar-refractivity contribution in [2.45, 2.75) is 19.8 Å². The van der Waals surface area contributed by atoms with Crippen LogP contribution in [-0.2, 0) is 9.59 Å². The predicted molar refractivity (Wildman–Crippen MR) is 100 cm³/mol. The van der Waals surface area contributed by atoms with Gasteiger partial charge in [-0.1, -0.05) is 11.6 Å². The molecule has 0 fully saturated rings. The van der Waals surface area contributed by atoms with Crippen molar-refractivity contribution >= 4 is 52.0 Å². The number of carbonyl (C=O) groups is 3. The Labute approximate surface area is 154 Å². The SMILES string of the molecule is CC(=O)Nc1ccc(Cl)c(NC(=O)CCCNC(=O)c2ccsc2)c1. The van der Waals surface area contributed by atoms with Crippen LogP contribution in [0.2, 0.25) is 5.02 Å². The third-order valence-electron chi connectivity index (χ3n) is 3.21. The van der Waals surface area contributed by atoms with E-state index in [1.807, 2.05) is 5.38 Å². The molecular formula is C17H18ClN3O3S. The summed E-state index contributed by atoms with van der Waals surface area (Å²) in [5.41, 5.74) is 1.60. The number of hydrogen-bond donors (Lipinski definition) is 3. The molecule has 0 aliphatic heterocycles. The van der Waals surface area contributed by atoms with Gasteiger partial charge in [-0.15, -0.1) is 0 Å². The number of hydrogen-bond acceptors (Lipinski definition) is 4. The van der Waals surface area contributed by atoms with Gasteiger partial charge in [0.1, 0.15) is 0 Å². The normalized spacial score (nSPS) is 10.2. The molecule has 0 bridgehead atoms. The number of thiophene rings is 1. The molecule has 0 aliphatic rings. The summed E-state index contributed by atoms with van der Waals surface area (Å²) in [5, 5.41) is 12.1. The lowest BCUT2D eigenvalue weighted by Crippen LogP contribution is -2.25. The van der Waals surface area contributed by atoms with Crippen molar-refractivity contribution in [3.05, 3.63) is 45.6 Å². The number of amides is 3. The zero-order valence-corrected chi connectivity index (χ0v) is 15.2. The molecule has 0 spiro atoms. The number of nitrogens with one attached hydrogen (secondary N) is 3. The van der Waals surface area contributed by atoms with Crippen molar-refractivity contribution in [3.8, 4) is 0 Å². The fraction of sp³-hybridized carbons (Fsp3) is 0.235. The molecule has 132 valence electrons. The third-order valence-corrected chi connectivity index (χ3v) is 4.22. The molecule has 0 unspecified atom stereocenters. The van der Waals surface area contributed by atoms with Gasteiger partial charge >= 0.3 is 0 Å². The highest BCUT2D eigenvalue weighted by molar-refractivity contribution is 7.08. The fourth-order valence-electron chi connectivity index (χ4n) is 2.06. The van der Waals surface area contributed by atoms with Crippen LogP contribution < -0.4 is 16.0 Å². The molecule has 1 heterocycles. The van der Waals surface area contributed by atoms with Gasteiger partial charge in [-0.25, -0.2) is 0 Å². The van der Waals surface area contributed by atoms with Gasteiger partial charge in [0.05, 0.1) is 10.7 Å². The Morgan fingerprint density at radius 2 is 1.96 bits per heavy atom. The molecule has 8 heteroatoms. The fourth-order valence-corrected chi connectivity index (χ4v) is 2.86. The summed E-state index contributed by atoms with van der Waals surface area (Å²) < 4.78 is 0. The van der Waals surface area contributed by atoms with Gasteiger partial charge in [-0.2, -0.15) is 11.3 Å².